The summed E-state index contributed by atoms with van der Waals surface area (Å²) in [6.07, 6.45) is 0. The maximum Gasteiger partial charge on any atom is 0.169 e. The number of rotatable bonds is 5. The summed E-state index contributed by atoms with van der Waals surface area (Å²) in [5.41, 5.74) is 2.26. The Morgan fingerprint density at radius 3 is 2.50 bits per heavy atom. The van der Waals surface area contributed by atoms with Crippen molar-refractivity contribution >= 4 is 17.3 Å². The molecule has 0 radical (unpaired) electrons. The van der Waals surface area contributed by atoms with E-state index in [2.05, 4.69) is 11.9 Å². The van der Waals surface area contributed by atoms with Crippen LogP contribution < -0.4 is 10.1 Å². The Balaban J connectivity index is 2.49. The highest BCUT2D eigenvalue weighted by Crippen LogP contribution is 2.12. The summed E-state index contributed by atoms with van der Waals surface area (Å²) in [5.74, 6) is 0.865. The summed E-state index contributed by atoms with van der Waals surface area (Å²) in [5, 5.41) is 3.89. The predicted molar refractivity (Wildman–Crippen MR) is 79.9 cm³/mol. The van der Waals surface area contributed by atoms with Crippen molar-refractivity contribution in [2.45, 2.75) is 13.5 Å². The monoisotopic (exact) mass is 264 g/mol. The van der Waals surface area contributed by atoms with Crippen LogP contribution in [0.25, 0.3) is 0 Å². The molecule has 0 saturated carbocycles. The third-order valence-corrected chi connectivity index (χ3v) is 2.92. The molecule has 0 spiro atoms. The van der Waals surface area contributed by atoms with Crippen LogP contribution in [-0.4, -0.2) is 30.7 Å². The van der Waals surface area contributed by atoms with Crippen molar-refractivity contribution < 1.29 is 4.74 Å². The minimum absolute atomic E-state index is 0.714. The van der Waals surface area contributed by atoms with Crippen molar-refractivity contribution in [3.05, 3.63) is 42.0 Å². The first kappa shape index (κ1) is 14.5. The van der Waals surface area contributed by atoms with Gasteiger partial charge in [-0.05, 0) is 36.8 Å². The Morgan fingerprint density at radius 2 is 2.00 bits per heavy atom. The number of nitrogens with zero attached hydrogens (tertiary/aromatic N) is 1. The second-order valence-corrected chi connectivity index (χ2v) is 4.71. The van der Waals surface area contributed by atoms with E-state index in [-0.39, 0.29) is 0 Å². The lowest BCUT2D eigenvalue weighted by atomic mass is 10.2. The average molecular weight is 264 g/mol. The van der Waals surface area contributed by atoms with Crippen LogP contribution in [0.2, 0.25) is 0 Å². The second-order valence-electron chi connectivity index (χ2n) is 4.32. The lowest BCUT2D eigenvalue weighted by Crippen LogP contribution is -2.37. The van der Waals surface area contributed by atoms with Gasteiger partial charge in [-0.3, -0.25) is 0 Å². The molecular formula is C14H20N2OS. The van der Waals surface area contributed by atoms with Crippen molar-refractivity contribution in [2.24, 2.45) is 0 Å². The highest BCUT2D eigenvalue weighted by Gasteiger charge is 2.04. The lowest BCUT2D eigenvalue weighted by Gasteiger charge is -2.21. The number of nitrogens with one attached hydrogen (secondary N) is 1. The Kier molecular flexibility index (Phi) is 5.65. The molecule has 1 aromatic carbocycles. The van der Waals surface area contributed by atoms with E-state index < -0.39 is 0 Å². The van der Waals surface area contributed by atoms with Crippen LogP contribution >= 0.6 is 12.2 Å². The van der Waals surface area contributed by atoms with Crippen LogP contribution in [0, 0.1) is 0 Å². The fourth-order valence-corrected chi connectivity index (χ4v) is 1.57. The normalized spacial score (nSPS) is 9.72. The number of hydrogen-bond acceptors (Lipinski definition) is 2. The van der Waals surface area contributed by atoms with Crippen molar-refractivity contribution in [1.29, 1.82) is 0 Å². The average Bonchev–Trinajstić information content (AvgIpc) is 2.36. The van der Waals surface area contributed by atoms with Gasteiger partial charge in [-0.15, -0.1) is 0 Å². The van der Waals surface area contributed by atoms with Crippen LogP contribution in [0.4, 0.5) is 0 Å². The van der Waals surface area contributed by atoms with Gasteiger partial charge in [0.15, 0.2) is 5.11 Å². The zero-order valence-corrected chi connectivity index (χ0v) is 12.0. The summed E-state index contributed by atoms with van der Waals surface area (Å²) in [6.45, 7) is 7.29. The first-order valence-electron chi connectivity index (χ1n) is 5.79. The van der Waals surface area contributed by atoms with Crippen LogP contribution in [0.1, 0.15) is 12.5 Å². The molecule has 0 bridgehead atoms. The van der Waals surface area contributed by atoms with Gasteiger partial charge in [-0.25, -0.2) is 0 Å². The molecule has 4 heteroatoms. The zero-order chi connectivity index (χ0) is 13.5. The molecule has 0 aromatic heterocycles. The van der Waals surface area contributed by atoms with E-state index in [1.54, 1.807) is 7.11 Å². The molecule has 1 rings (SSSR count). The molecule has 0 saturated heterocycles. The maximum atomic E-state index is 5.29. The molecule has 0 fully saturated rings. The SMILES string of the molecule is C=C(C)CNC(=S)N(C)Cc1ccc(OC)cc1. The van der Waals surface area contributed by atoms with Gasteiger partial charge in [0.25, 0.3) is 0 Å². The quantitative estimate of drug-likeness (QED) is 0.652. The van der Waals surface area contributed by atoms with Crippen molar-refractivity contribution in [2.75, 3.05) is 20.7 Å². The van der Waals surface area contributed by atoms with Gasteiger partial charge >= 0.3 is 0 Å². The van der Waals surface area contributed by atoms with E-state index in [1.807, 2.05) is 43.1 Å². The maximum absolute atomic E-state index is 5.29. The third-order valence-electron chi connectivity index (χ3n) is 2.47. The number of thiocarbonyl (C=S) groups is 1. The largest absolute Gasteiger partial charge is 0.497 e. The lowest BCUT2D eigenvalue weighted by molar-refractivity contribution is 0.414. The van der Waals surface area contributed by atoms with Gasteiger partial charge in [0.2, 0.25) is 0 Å². The predicted octanol–water partition coefficient (Wildman–Crippen LogP) is 2.58. The molecule has 0 aliphatic heterocycles. The van der Waals surface area contributed by atoms with Gasteiger partial charge in [0.05, 0.1) is 7.11 Å². The minimum atomic E-state index is 0.714. The number of methoxy groups -OCH3 is 1. The summed E-state index contributed by atoms with van der Waals surface area (Å²) >= 11 is 5.29. The second kappa shape index (κ2) is 7.01. The van der Waals surface area contributed by atoms with Gasteiger partial charge < -0.3 is 15.0 Å². The molecule has 98 valence electrons. The van der Waals surface area contributed by atoms with Gasteiger partial charge in [0, 0.05) is 20.1 Å². The van der Waals surface area contributed by atoms with E-state index in [1.165, 1.54) is 5.56 Å². The highest BCUT2D eigenvalue weighted by molar-refractivity contribution is 7.80. The minimum Gasteiger partial charge on any atom is -0.497 e. The molecule has 1 N–H and O–H groups in total. The third kappa shape index (κ3) is 4.75. The summed E-state index contributed by atoms with van der Waals surface area (Å²) < 4.78 is 5.13. The molecule has 0 unspecified atom stereocenters. The zero-order valence-electron chi connectivity index (χ0n) is 11.2. The Labute approximate surface area is 114 Å². The standard InChI is InChI=1S/C14H20N2OS/c1-11(2)9-15-14(18)16(3)10-12-5-7-13(17-4)8-6-12/h5-8H,1,9-10H2,2-4H3,(H,15,18). The number of hydrogen-bond donors (Lipinski definition) is 1. The molecular weight excluding hydrogens is 244 g/mol. The highest BCUT2D eigenvalue weighted by atomic mass is 32.1. The molecule has 0 amide bonds. The Hall–Kier alpha value is -1.55. The fourth-order valence-electron chi connectivity index (χ4n) is 1.44. The molecule has 0 heterocycles. The summed E-state index contributed by atoms with van der Waals surface area (Å²) in [6, 6.07) is 7.98. The van der Waals surface area contributed by atoms with Gasteiger partial charge in [-0.2, -0.15) is 0 Å². The first-order valence-corrected chi connectivity index (χ1v) is 6.20. The first-order chi connectivity index (χ1) is 8.52. The van der Waals surface area contributed by atoms with E-state index >= 15 is 0 Å². The molecule has 1 aromatic rings. The van der Waals surface area contributed by atoms with E-state index in [9.17, 15) is 0 Å². The fraction of sp³-hybridized carbons (Fsp3) is 0.357. The van der Waals surface area contributed by atoms with Crippen molar-refractivity contribution in [3.8, 4) is 5.75 Å². The Bertz CT molecular complexity index is 414. The van der Waals surface area contributed by atoms with Gasteiger partial charge in [-0.1, -0.05) is 24.3 Å². The topological polar surface area (TPSA) is 24.5 Å². The molecule has 3 nitrogen and oxygen atoms in total. The number of benzene rings is 1. The molecule has 0 aliphatic rings. The van der Waals surface area contributed by atoms with Crippen LogP contribution in [0.5, 0.6) is 5.75 Å². The van der Waals surface area contributed by atoms with E-state index in [0.29, 0.717) is 6.54 Å². The summed E-state index contributed by atoms with van der Waals surface area (Å²) in [4.78, 5) is 2.00. The van der Waals surface area contributed by atoms with Gasteiger partial charge in [0.1, 0.15) is 5.75 Å². The smallest absolute Gasteiger partial charge is 0.169 e. The van der Waals surface area contributed by atoms with Crippen LogP contribution in [-0.2, 0) is 6.54 Å². The number of ether oxygens (including phenoxy) is 1. The summed E-state index contributed by atoms with van der Waals surface area (Å²) in [7, 11) is 3.63. The Morgan fingerprint density at radius 1 is 1.39 bits per heavy atom. The van der Waals surface area contributed by atoms with E-state index in [4.69, 9.17) is 17.0 Å². The van der Waals surface area contributed by atoms with E-state index in [0.717, 1.165) is 23.0 Å². The van der Waals surface area contributed by atoms with Crippen molar-refractivity contribution in [3.63, 3.8) is 0 Å². The molecule has 0 aliphatic carbocycles. The molecule has 0 atom stereocenters. The van der Waals surface area contributed by atoms with Crippen LogP contribution in [0.3, 0.4) is 0 Å². The van der Waals surface area contributed by atoms with Crippen molar-refractivity contribution in [1.82, 2.24) is 10.2 Å². The van der Waals surface area contributed by atoms with Crippen LogP contribution in [0.15, 0.2) is 36.4 Å². The molecule has 18 heavy (non-hydrogen) atoms.